The lowest BCUT2D eigenvalue weighted by Gasteiger charge is -2.19. The van der Waals surface area contributed by atoms with Crippen LogP contribution in [-0.4, -0.2) is 37.1 Å². The predicted molar refractivity (Wildman–Crippen MR) is 53.6 cm³/mol. The van der Waals surface area contributed by atoms with Gasteiger partial charge in [-0.05, 0) is 47.8 Å². The summed E-state index contributed by atoms with van der Waals surface area (Å²) in [5, 5.41) is 0. The molecule has 0 aliphatic heterocycles. The van der Waals surface area contributed by atoms with E-state index in [1.54, 1.807) is 0 Å². The molecule has 0 fully saturated rings. The van der Waals surface area contributed by atoms with E-state index in [9.17, 15) is 4.79 Å². The zero-order valence-corrected chi connectivity index (χ0v) is 9.39. The first-order valence-corrected chi connectivity index (χ1v) is 4.68. The number of esters is 1. The molecular formula is C10H21NO2. The topological polar surface area (TPSA) is 29.5 Å². The summed E-state index contributed by atoms with van der Waals surface area (Å²) < 4.78 is 5.16. The van der Waals surface area contributed by atoms with Crippen molar-refractivity contribution in [3.8, 4) is 0 Å². The van der Waals surface area contributed by atoms with Crippen LogP contribution < -0.4 is 0 Å². The highest BCUT2D eigenvalue weighted by molar-refractivity contribution is 5.69. The van der Waals surface area contributed by atoms with Gasteiger partial charge in [-0.3, -0.25) is 4.79 Å². The van der Waals surface area contributed by atoms with Gasteiger partial charge in [-0.2, -0.15) is 0 Å². The minimum Gasteiger partial charge on any atom is -0.460 e. The average molecular weight is 187 g/mol. The van der Waals surface area contributed by atoms with Crippen LogP contribution in [0.25, 0.3) is 0 Å². The zero-order valence-electron chi connectivity index (χ0n) is 9.39. The monoisotopic (exact) mass is 187 g/mol. The van der Waals surface area contributed by atoms with Crippen LogP contribution in [0, 0.1) is 0 Å². The number of rotatable bonds is 4. The van der Waals surface area contributed by atoms with Gasteiger partial charge in [0.1, 0.15) is 5.60 Å². The van der Waals surface area contributed by atoms with Crippen LogP contribution in [0.5, 0.6) is 0 Å². The highest BCUT2D eigenvalue weighted by atomic mass is 16.6. The molecule has 0 atom stereocenters. The minimum atomic E-state index is -0.352. The Morgan fingerprint density at radius 2 is 1.85 bits per heavy atom. The smallest absolute Gasteiger partial charge is 0.306 e. The van der Waals surface area contributed by atoms with Crippen LogP contribution in [0.1, 0.15) is 33.6 Å². The van der Waals surface area contributed by atoms with Crippen molar-refractivity contribution in [1.82, 2.24) is 4.90 Å². The Bertz CT molecular complexity index is 159. The number of nitrogens with zero attached hydrogens (tertiary/aromatic N) is 1. The molecule has 3 nitrogen and oxygen atoms in total. The largest absolute Gasteiger partial charge is 0.460 e. The van der Waals surface area contributed by atoms with Gasteiger partial charge < -0.3 is 9.64 Å². The van der Waals surface area contributed by atoms with E-state index in [1.807, 2.05) is 34.9 Å². The van der Waals surface area contributed by atoms with Crippen LogP contribution in [-0.2, 0) is 9.53 Å². The van der Waals surface area contributed by atoms with E-state index in [2.05, 4.69) is 4.90 Å². The highest BCUT2D eigenvalue weighted by Crippen LogP contribution is 2.08. The SMILES string of the molecule is CN(C)CCCC(=O)OC(C)(C)C. The Kier molecular flexibility index (Phi) is 4.99. The molecule has 0 amide bonds. The predicted octanol–water partition coefficient (Wildman–Crippen LogP) is 1.67. The normalized spacial score (nSPS) is 11.8. The summed E-state index contributed by atoms with van der Waals surface area (Å²) in [4.78, 5) is 13.3. The van der Waals surface area contributed by atoms with Crippen molar-refractivity contribution >= 4 is 5.97 Å². The first-order chi connectivity index (χ1) is 5.81. The summed E-state index contributed by atoms with van der Waals surface area (Å²) in [7, 11) is 3.99. The van der Waals surface area contributed by atoms with Crippen molar-refractivity contribution in [2.45, 2.75) is 39.2 Å². The van der Waals surface area contributed by atoms with Crippen LogP contribution in [0.4, 0.5) is 0 Å². The standard InChI is InChI=1S/C10H21NO2/c1-10(2,3)13-9(12)7-6-8-11(4)5/h6-8H2,1-5H3. The molecule has 3 heteroatoms. The maximum absolute atomic E-state index is 11.2. The summed E-state index contributed by atoms with van der Waals surface area (Å²) >= 11 is 0. The maximum atomic E-state index is 11.2. The van der Waals surface area contributed by atoms with Crippen molar-refractivity contribution in [3.63, 3.8) is 0 Å². The second-order valence-corrected chi connectivity index (χ2v) is 4.49. The number of carbonyl (C=O) groups excluding carboxylic acids is 1. The molecule has 0 rings (SSSR count). The molecule has 0 aromatic heterocycles. The van der Waals surface area contributed by atoms with Crippen molar-refractivity contribution in [1.29, 1.82) is 0 Å². The molecule has 0 aliphatic rings. The summed E-state index contributed by atoms with van der Waals surface area (Å²) in [5.74, 6) is -0.102. The van der Waals surface area contributed by atoms with Gasteiger partial charge >= 0.3 is 5.97 Å². The molecule has 13 heavy (non-hydrogen) atoms. The van der Waals surface area contributed by atoms with Crippen LogP contribution >= 0.6 is 0 Å². The van der Waals surface area contributed by atoms with Gasteiger partial charge in [-0.1, -0.05) is 0 Å². The summed E-state index contributed by atoms with van der Waals surface area (Å²) in [6.45, 7) is 6.59. The zero-order chi connectivity index (χ0) is 10.5. The third-order valence-electron chi connectivity index (χ3n) is 1.41. The second-order valence-electron chi connectivity index (χ2n) is 4.49. The van der Waals surface area contributed by atoms with Crippen molar-refractivity contribution in [3.05, 3.63) is 0 Å². The van der Waals surface area contributed by atoms with Gasteiger partial charge in [0.25, 0.3) is 0 Å². The molecule has 78 valence electrons. The average Bonchev–Trinajstić information content (AvgIpc) is 1.81. The lowest BCUT2D eigenvalue weighted by Crippen LogP contribution is -2.24. The Labute approximate surface area is 81.1 Å². The molecule has 0 spiro atoms. The lowest BCUT2D eigenvalue weighted by molar-refractivity contribution is -0.154. The molecule has 0 unspecified atom stereocenters. The van der Waals surface area contributed by atoms with Gasteiger partial charge in [0.05, 0.1) is 0 Å². The molecule has 0 saturated heterocycles. The third-order valence-corrected chi connectivity index (χ3v) is 1.41. The summed E-state index contributed by atoms with van der Waals surface area (Å²) in [5.41, 5.74) is -0.352. The van der Waals surface area contributed by atoms with E-state index in [1.165, 1.54) is 0 Å². The minimum absolute atomic E-state index is 0.102. The number of hydrogen-bond donors (Lipinski definition) is 0. The molecule has 0 saturated carbocycles. The van der Waals surface area contributed by atoms with Crippen molar-refractivity contribution in [2.24, 2.45) is 0 Å². The third kappa shape index (κ3) is 9.34. The molecule has 0 aromatic rings. The Morgan fingerprint density at radius 3 is 2.23 bits per heavy atom. The number of carbonyl (C=O) groups is 1. The summed E-state index contributed by atoms with van der Waals surface area (Å²) in [6, 6.07) is 0. The molecular weight excluding hydrogens is 166 g/mol. The van der Waals surface area contributed by atoms with Crippen LogP contribution in [0.2, 0.25) is 0 Å². The fourth-order valence-corrected chi connectivity index (χ4v) is 0.932. The maximum Gasteiger partial charge on any atom is 0.306 e. The molecule has 0 bridgehead atoms. The van der Waals surface area contributed by atoms with Gasteiger partial charge in [-0.15, -0.1) is 0 Å². The van der Waals surface area contributed by atoms with Crippen molar-refractivity contribution < 1.29 is 9.53 Å². The molecule has 0 aromatic carbocycles. The Morgan fingerprint density at radius 1 is 1.31 bits per heavy atom. The number of hydrogen-bond acceptors (Lipinski definition) is 3. The summed E-state index contributed by atoms with van der Waals surface area (Å²) in [6.07, 6.45) is 1.37. The molecule has 0 radical (unpaired) electrons. The van der Waals surface area contributed by atoms with Gasteiger partial charge in [0.15, 0.2) is 0 Å². The van der Waals surface area contributed by atoms with E-state index in [0.717, 1.165) is 13.0 Å². The second kappa shape index (κ2) is 5.22. The fourth-order valence-electron chi connectivity index (χ4n) is 0.932. The van der Waals surface area contributed by atoms with Gasteiger partial charge in [0.2, 0.25) is 0 Å². The first-order valence-electron chi connectivity index (χ1n) is 4.68. The van der Waals surface area contributed by atoms with Crippen molar-refractivity contribution in [2.75, 3.05) is 20.6 Å². The Hall–Kier alpha value is -0.570. The highest BCUT2D eigenvalue weighted by Gasteiger charge is 2.15. The molecule has 0 aliphatic carbocycles. The van der Waals surface area contributed by atoms with Crippen LogP contribution in [0.15, 0.2) is 0 Å². The first kappa shape index (κ1) is 12.4. The number of ether oxygens (including phenoxy) is 1. The fraction of sp³-hybridized carbons (Fsp3) is 0.900. The van der Waals surface area contributed by atoms with E-state index in [4.69, 9.17) is 4.74 Å². The Balaban J connectivity index is 3.53. The van der Waals surface area contributed by atoms with Crippen LogP contribution in [0.3, 0.4) is 0 Å². The quantitative estimate of drug-likeness (QED) is 0.627. The van der Waals surface area contributed by atoms with E-state index in [0.29, 0.717) is 6.42 Å². The van der Waals surface area contributed by atoms with E-state index in [-0.39, 0.29) is 11.6 Å². The van der Waals surface area contributed by atoms with Gasteiger partial charge in [-0.25, -0.2) is 0 Å². The van der Waals surface area contributed by atoms with Gasteiger partial charge in [0, 0.05) is 6.42 Å². The van der Waals surface area contributed by atoms with E-state index >= 15 is 0 Å². The van der Waals surface area contributed by atoms with E-state index < -0.39 is 0 Å². The molecule has 0 heterocycles. The lowest BCUT2D eigenvalue weighted by atomic mass is 10.2. The molecule has 0 N–H and O–H groups in total.